The highest BCUT2D eigenvalue weighted by molar-refractivity contribution is 7.11. The van der Waals surface area contributed by atoms with Gasteiger partial charge in [0.25, 0.3) is 0 Å². The highest BCUT2D eigenvalue weighted by Crippen LogP contribution is 2.29. The second-order valence-corrected chi connectivity index (χ2v) is 5.15. The summed E-state index contributed by atoms with van der Waals surface area (Å²) in [5, 5.41) is 4.35. The van der Waals surface area contributed by atoms with Crippen molar-refractivity contribution in [2.24, 2.45) is 0 Å². The first kappa shape index (κ1) is 14.6. The van der Waals surface area contributed by atoms with E-state index in [2.05, 4.69) is 19.2 Å². The van der Waals surface area contributed by atoms with Crippen LogP contribution in [-0.4, -0.2) is 18.6 Å². The van der Waals surface area contributed by atoms with Gasteiger partial charge < -0.3 is 10.1 Å². The normalized spacial score (nSPS) is 12.9. The fourth-order valence-corrected chi connectivity index (χ4v) is 3.11. The summed E-state index contributed by atoms with van der Waals surface area (Å²) >= 11 is 1.80. The minimum atomic E-state index is 0.186. The standard InChI is InChI=1S/C13H24N2OS/c1-5-8-11(16-7-3)13-15-10(6-2)12(17-13)9-14-4/h11,14H,5-9H2,1-4H3. The lowest BCUT2D eigenvalue weighted by Crippen LogP contribution is -2.05. The summed E-state index contributed by atoms with van der Waals surface area (Å²) in [5.74, 6) is 0. The number of aromatic nitrogens is 1. The molecule has 0 aliphatic carbocycles. The molecule has 1 atom stereocenters. The van der Waals surface area contributed by atoms with Gasteiger partial charge in [-0.3, -0.25) is 0 Å². The van der Waals surface area contributed by atoms with Crippen molar-refractivity contribution in [1.29, 1.82) is 0 Å². The summed E-state index contributed by atoms with van der Waals surface area (Å²) in [6, 6.07) is 0. The first-order valence-corrected chi connectivity index (χ1v) is 7.33. The molecule has 0 radical (unpaired) electrons. The quantitative estimate of drug-likeness (QED) is 0.775. The summed E-state index contributed by atoms with van der Waals surface area (Å²) in [6.07, 6.45) is 3.38. The van der Waals surface area contributed by atoms with Crippen LogP contribution in [0.3, 0.4) is 0 Å². The Morgan fingerprint density at radius 1 is 1.35 bits per heavy atom. The van der Waals surface area contributed by atoms with Gasteiger partial charge in [0.2, 0.25) is 0 Å². The molecule has 0 saturated heterocycles. The molecule has 0 amide bonds. The third-order valence-electron chi connectivity index (χ3n) is 2.66. The molecule has 0 aliphatic heterocycles. The van der Waals surface area contributed by atoms with E-state index in [1.165, 1.54) is 10.6 Å². The Morgan fingerprint density at radius 2 is 2.12 bits per heavy atom. The maximum atomic E-state index is 5.79. The Morgan fingerprint density at radius 3 is 2.65 bits per heavy atom. The van der Waals surface area contributed by atoms with Gasteiger partial charge >= 0.3 is 0 Å². The Hall–Kier alpha value is -0.450. The largest absolute Gasteiger partial charge is 0.371 e. The molecule has 1 N–H and O–H groups in total. The van der Waals surface area contributed by atoms with Crippen molar-refractivity contribution in [2.45, 2.75) is 52.7 Å². The smallest absolute Gasteiger partial charge is 0.122 e. The fourth-order valence-electron chi connectivity index (χ4n) is 1.86. The van der Waals surface area contributed by atoms with E-state index in [1.54, 1.807) is 11.3 Å². The minimum absolute atomic E-state index is 0.186. The third kappa shape index (κ3) is 4.05. The zero-order chi connectivity index (χ0) is 12.7. The Labute approximate surface area is 109 Å². The van der Waals surface area contributed by atoms with Gasteiger partial charge in [-0.15, -0.1) is 11.3 Å². The van der Waals surface area contributed by atoms with Crippen LogP contribution in [0, 0.1) is 0 Å². The molecular formula is C13H24N2OS. The van der Waals surface area contributed by atoms with Crippen LogP contribution in [0.2, 0.25) is 0 Å². The van der Waals surface area contributed by atoms with E-state index in [1.807, 2.05) is 14.0 Å². The number of hydrogen-bond acceptors (Lipinski definition) is 4. The van der Waals surface area contributed by atoms with Crippen molar-refractivity contribution >= 4 is 11.3 Å². The van der Waals surface area contributed by atoms with Crippen molar-refractivity contribution in [3.63, 3.8) is 0 Å². The summed E-state index contributed by atoms with van der Waals surface area (Å²) in [6.45, 7) is 8.06. The minimum Gasteiger partial charge on any atom is -0.371 e. The van der Waals surface area contributed by atoms with Gasteiger partial charge in [0.15, 0.2) is 0 Å². The van der Waals surface area contributed by atoms with Crippen molar-refractivity contribution in [2.75, 3.05) is 13.7 Å². The van der Waals surface area contributed by atoms with Crippen LogP contribution in [0.5, 0.6) is 0 Å². The van der Waals surface area contributed by atoms with E-state index in [9.17, 15) is 0 Å². The number of ether oxygens (including phenoxy) is 1. The van der Waals surface area contributed by atoms with Crippen LogP contribution < -0.4 is 5.32 Å². The predicted molar refractivity (Wildman–Crippen MR) is 73.5 cm³/mol. The van der Waals surface area contributed by atoms with Crippen LogP contribution in [0.1, 0.15) is 55.3 Å². The highest BCUT2D eigenvalue weighted by Gasteiger charge is 2.17. The molecule has 0 fully saturated rings. The zero-order valence-electron chi connectivity index (χ0n) is 11.4. The average Bonchev–Trinajstić information content (AvgIpc) is 2.72. The van der Waals surface area contributed by atoms with Crippen molar-refractivity contribution < 1.29 is 4.74 Å². The van der Waals surface area contributed by atoms with Gasteiger partial charge in [0.05, 0.1) is 5.69 Å². The lowest BCUT2D eigenvalue weighted by Gasteiger charge is -2.12. The second-order valence-electron chi connectivity index (χ2n) is 4.04. The maximum absolute atomic E-state index is 5.79. The van der Waals surface area contributed by atoms with Gasteiger partial charge in [0, 0.05) is 18.0 Å². The highest BCUT2D eigenvalue weighted by atomic mass is 32.1. The molecule has 98 valence electrons. The Kier molecular flexibility index (Phi) is 6.70. The second kappa shape index (κ2) is 7.80. The number of hydrogen-bond donors (Lipinski definition) is 1. The molecule has 0 saturated carbocycles. The summed E-state index contributed by atoms with van der Waals surface area (Å²) in [7, 11) is 1.98. The summed E-state index contributed by atoms with van der Waals surface area (Å²) < 4.78 is 5.79. The number of thiazole rings is 1. The number of aryl methyl sites for hydroxylation is 1. The molecule has 0 aromatic carbocycles. The van der Waals surface area contributed by atoms with E-state index in [-0.39, 0.29) is 6.10 Å². The molecule has 1 heterocycles. The molecule has 3 nitrogen and oxygen atoms in total. The summed E-state index contributed by atoms with van der Waals surface area (Å²) in [4.78, 5) is 6.09. The van der Waals surface area contributed by atoms with E-state index >= 15 is 0 Å². The number of rotatable bonds is 8. The third-order valence-corrected chi connectivity index (χ3v) is 3.85. The van der Waals surface area contributed by atoms with Gasteiger partial charge in [-0.1, -0.05) is 20.3 Å². The van der Waals surface area contributed by atoms with E-state index in [4.69, 9.17) is 9.72 Å². The van der Waals surface area contributed by atoms with Crippen molar-refractivity contribution in [1.82, 2.24) is 10.3 Å². The number of nitrogens with zero attached hydrogens (tertiary/aromatic N) is 1. The van der Waals surface area contributed by atoms with E-state index in [0.717, 1.165) is 37.4 Å². The maximum Gasteiger partial charge on any atom is 0.122 e. The summed E-state index contributed by atoms with van der Waals surface area (Å²) in [5.41, 5.74) is 1.22. The van der Waals surface area contributed by atoms with Crippen LogP contribution in [0.25, 0.3) is 0 Å². The van der Waals surface area contributed by atoms with E-state index in [0.29, 0.717) is 0 Å². The van der Waals surface area contributed by atoms with Gasteiger partial charge in [-0.25, -0.2) is 4.98 Å². The van der Waals surface area contributed by atoms with Crippen molar-refractivity contribution in [3.8, 4) is 0 Å². The van der Waals surface area contributed by atoms with Gasteiger partial charge in [-0.05, 0) is 26.8 Å². The Balaban J connectivity index is 2.86. The molecule has 1 unspecified atom stereocenters. The van der Waals surface area contributed by atoms with Gasteiger partial charge in [-0.2, -0.15) is 0 Å². The molecule has 1 aromatic heterocycles. The van der Waals surface area contributed by atoms with Crippen molar-refractivity contribution in [3.05, 3.63) is 15.6 Å². The lowest BCUT2D eigenvalue weighted by molar-refractivity contribution is 0.0554. The van der Waals surface area contributed by atoms with Crippen LogP contribution in [-0.2, 0) is 17.7 Å². The van der Waals surface area contributed by atoms with Crippen LogP contribution >= 0.6 is 11.3 Å². The van der Waals surface area contributed by atoms with Crippen LogP contribution in [0.15, 0.2) is 0 Å². The average molecular weight is 256 g/mol. The van der Waals surface area contributed by atoms with Gasteiger partial charge in [0.1, 0.15) is 11.1 Å². The molecule has 1 aromatic rings. The topological polar surface area (TPSA) is 34.1 Å². The monoisotopic (exact) mass is 256 g/mol. The molecule has 1 rings (SSSR count). The zero-order valence-corrected chi connectivity index (χ0v) is 12.2. The Bertz CT molecular complexity index is 319. The molecule has 17 heavy (non-hydrogen) atoms. The number of nitrogens with one attached hydrogen (secondary N) is 1. The molecule has 0 aliphatic rings. The first-order chi connectivity index (χ1) is 8.26. The lowest BCUT2D eigenvalue weighted by atomic mass is 10.2. The fraction of sp³-hybridized carbons (Fsp3) is 0.769. The van der Waals surface area contributed by atoms with E-state index < -0.39 is 0 Å². The predicted octanol–water partition coefficient (Wildman–Crippen LogP) is 3.30. The SMILES string of the molecule is CCCC(OCC)c1nc(CC)c(CNC)s1. The molecule has 0 bridgehead atoms. The van der Waals surface area contributed by atoms with Crippen LogP contribution in [0.4, 0.5) is 0 Å². The molecular weight excluding hydrogens is 232 g/mol. The molecule has 0 spiro atoms. The molecule has 4 heteroatoms. The first-order valence-electron chi connectivity index (χ1n) is 6.51.